The van der Waals surface area contributed by atoms with E-state index in [1.54, 1.807) is 15.5 Å². The van der Waals surface area contributed by atoms with E-state index in [1.807, 2.05) is 0 Å². The Hall–Kier alpha value is -3.15. The molecule has 3 heterocycles. The highest BCUT2D eigenvalue weighted by atomic mass is 32.2. The molecule has 1 amide bonds. The number of benzene rings is 2. The van der Waals surface area contributed by atoms with Gasteiger partial charge in [0.1, 0.15) is 11.6 Å². The summed E-state index contributed by atoms with van der Waals surface area (Å²) in [6, 6.07) is 11.1. The Bertz CT molecular complexity index is 1400. The first-order valence-electron chi connectivity index (χ1n) is 13.1. The second kappa shape index (κ2) is 11.9. The fourth-order valence-electron chi connectivity index (χ4n) is 5.06. The van der Waals surface area contributed by atoms with Crippen LogP contribution >= 0.6 is 0 Å². The van der Waals surface area contributed by atoms with Gasteiger partial charge in [0.15, 0.2) is 0 Å². The van der Waals surface area contributed by atoms with Crippen molar-refractivity contribution >= 4 is 15.7 Å². The molecule has 0 spiro atoms. The molecule has 0 bridgehead atoms. The first-order valence-corrected chi connectivity index (χ1v) is 14.7. The smallest absolute Gasteiger partial charge is 0.254 e. The third-order valence-electron chi connectivity index (χ3n) is 7.07. The highest BCUT2D eigenvalue weighted by Crippen LogP contribution is 2.24. The van der Waals surface area contributed by atoms with E-state index >= 15 is 0 Å². The van der Waals surface area contributed by atoms with Crippen LogP contribution in [0.2, 0.25) is 0 Å². The van der Waals surface area contributed by atoms with Crippen LogP contribution in [-0.4, -0.2) is 60.7 Å². The molecule has 0 aliphatic carbocycles. The number of carbonyl (C=O) groups excluding carboxylic acids is 1. The highest BCUT2D eigenvalue weighted by Gasteiger charge is 2.30. The van der Waals surface area contributed by atoms with Crippen LogP contribution in [0.15, 0.2) is 59.9 Å². The van der Waals surface area contributed by atoms with Crippen molar-refractivity contribution in [3.63, 3.8) is 0 Å². The summed E-state index contributed by atoms with van der Waals surface area (Å²) in [4.78, 5) is 19.4. The van der Waals surface area contributed by atoms with E-state index in [-0.39, 0.29) is 41.9 Å². The van der Waals surface area contributed by atoms with Crippen molar-refractivity contribution in [2.24, 2.45) is 0 Å². The average Bonchev–Trinajstić information content (AvgIpc) is 3.69. The van der Waals surface area contributed by atoms with Crippen LogP contribution in [0.1, 0.15) is 47.3 Å². The van der Waals surface area contributed by atoms with Crippen molar-refractivity contribution in [1.29, 1.82) is 0 Å². The van der Waals surface area contributed by atoms with Crippen LogP contribution in [0.25, 0.3) is 0 Å². The molecule has 2 fully saturated rings. The highest BCUT2D eigenvalue weighted by molar-refractivity contribution is 7.90. The standard InChI is InChI=1S/C28H31F2N3O5S/c29-22-11-9-20(10-12-22)27(34)32(17-24-6-3-13-37-24)16-23-15-31-28(33(23)18-25-7-4-14-38-25)39(35,36)19-21-5-1-2-8-26(21)30/h1-2,5,8-12,15,24-25H,3-4,6-7,13-14,16-19H2/t24-,25+/m0/s1. The van der Waals surface area contributed by atoms with Crippen molar-refractivity contribution in [3.8, 4) is 0 Å². The lowest BCUT2D eigenvalue weighted by molar-refractivity contribution is 0.0496. The van der Waals surface area contributed by atoms with Crippen LogP contribution in [0.5, 0.6) is 0 Å². The summed E-state index contributed by atoms with van der Waals surface area (Å²) in [6.07, 6.45) is 4.39. The molecular formula is C28H31F2N3O5S. The molecule has 3 aromatic rings. The zero-order valence-corrected chi connectivity index (χ0v) is 22.3. The minimum absolute atomic E-state index is 0.0530. The van der Waals surface area contributed by atoms with Crippen LogP contribution in [0.3, 0.4) is 0 Å². The number of carbonyl (C=O) groups is 1. The van der Waals surface area contributed by atoms with Gasteiger partial charge in [-0.3, -0.25) is 4.79 Å². The average molecular weight is 560 g/mol. The molecule has 2 atom stereocenters. The lowest BCUT2D eigenvalue weighted by Gasteiger charge is -2.26. The van der Waals surface area contributed by atoms with Gasteiger partial charge in [0.05, 0.1) is 42.9 Å². The number of sulfone groups is 1. The van der Waals surface area contributed by atoms with Gasteiger partial charge in [0.25, 0.3) is 5.91 Å². The number of amides is 1. The Labute approximate surface area is 226 Å². The molecule has 5 rings (SSSR count). The summed E-state index contributed by atoms with van der Waals surface area (Å²) < 4.78 is 67.9. The Kier molecular flexibility index (Phi) is 8.39. The van der Waals surface area contributed by atoms with Crippen molar-refractivity contribution in [2.45, 2.75) is 61.9 Å². The van der Waals surface area contributed by atoms with Crippen LogP contribution in [0.4, 0.5) is 8.78 Å². The van der Waals surface area contributed by atoms with Gasteiger partial charge in [-0.2, -0.15) is 0 Å². The van der Waals surface area contributed by atoms with Gasteiger partial charge in [-0.1, -0.05) is 18.2 Å². The van der Waals surface area contributed by atoms with Gasteiger partial charge in [0, 0.05) is 30.9 Å². The lowest BCUT2D eigenvalue weighted by atomic mass is 10.1. The van der Waals surface area contributed by atoms with E-state index in [0.717, 1.165) is 25.7 Å². The first kappa shape index (κ1) is 27.4. The fraction of sp³-hybridized carbons (Fsp3) is 0.429. The number of nitrogens with zero attached hydrogens (tertiary/aromatic N) is 3. The Balaban J connectivity index is 1.48. The normalized spacial score (nSPS) is 19.4. The first-order chi connectivity index (χ1) is 18.8. The maximum atomic E-state index is 14.3. The monoisotopic (exact) mass is 559 g/mol. The third kappa shape index (κ3) is 6.54. The van der Waals surface area contributed by atoms with Crippen LogP contribution < -0.4 is 0 Å². The van der Waals surface area contributed by atoms with Crippen molar-refractivity contribution in [1.82, 2.24) is 14.5 Å². The molecule has 0 saturated carbocycles. The summed E-state index contributed by atoms with van der Waals surface area (Å²) in [5.74, 6) is -1.93. The van der Waals surface area contributed by atoms with E-state index in [9.17, 15) is 22.0 Å². The minimum Gasteiger partial charge on any atom is -0.376 e. The lowest BCUT2D eigenvalue weighted by Crippen LogP contribution is -2.38. The molecule has 2 aromatic carbocycles. The summed E-state index contributed by atoms with van der Waals surface area (Å²) in [5, 5.41) is -0.192. The number of halogens is 2. The summed E-state index contributed by atoms with van der Waals surface area (Å²) in [5.41, 5.74) is 0.871. The SMILES string of the molecule is O=C(c1ccc(F)cc1)N(Cc1cnc(S(=O)(=O)Cc2ccccc2F)n1C[C@H]1CCCO1)C[C@@H]1CCCO1. The van der Waals surface area contributed by atoms with Gasteiger partial charge in [-0.15, -0.1) is 0 Å². The van der Waals surface area contributed by atoms with Gasteiger partial charge in [0.2, 0.25) is 15.0 Å². The molecule has 0 N–H and O–H groups in total. The maximum Gasteiger partial charge on any atom is 0.254 e. The summed E-state index contributed by atoms with van der Waals surface area (Å²) in [6.45, 7) is 1.78. The number of hydrogen-bond acceptors (Lipinski definition) is 6. The number of hydrogen-bond donors (Lipinski definition) is 0. The zero-order chi connectivity index (χ0) is 27.4. The van der Waals surface area contributed by atoms with Crippen molar-refractivity contribution < 1.29 is 31.5 Å². The Morgan fingerprint density at radius 2 is 1.69 bits per heavy atom. The Morgan fingerprint density at radius 1 is 1.00 bits per heavy atom. The molecule has 39 heavy (non-hydrogen) atoms. The van der Waals surface area contributed by atoms with E-state index in [2.05, 4.69) is 4.98 Å². The number of rotatable bonds is 10. The second-order valence-electron chi connectivity index (χ2n) is 9.96. The van der Waals surface area contributed by atoms with Crippen LogP contribution in [-0.2, 0) is 38.2 Å². The van der Waals surface area contributed by atoms with Crippen molar-refractivity contribution in [3.05, 3.63) is 83.2 Å². The zero-order valence-electron chi connectivity index (χ0n) is 21.5. The third-order valence-corrected chi connectivity index (χ3v) is 8.65. The molecule has 8 nitrogen and oxygen atoms in total. The molecular weight excluding hydrogens is 528 g/mol. The van der Waals surface area contributed by atoms with E-state index < -0.39 is 27.2 Å². The van der Waals surface area contributed by atoms with Gasteiger partial charge >= 0.3 is 0 Å². The van der Waals surface area contributed by atoms with Gasteiger partial charge in [-0.05, 0) is 56.0 Å². The van der Waals surface area contributed by atoms with Crippen molar-refractivity contribution in [2.75, 3.05) is 19.8 Å². The summed E-state index contributed by atoms with van der Waals surface area (Å²) >= 11 is 0. The van der Waals surface area contributed by atoms with E-state index in [4.69, 9.17) is 9.47 Å². The molecule has 0 radical (unpaired) electrons. The minimum atomic E-state index is -4.04. The fourth-order valence-corrected chi connectivity index (χ4v) is 6.58. The number of ether oxygens (including phenoxy) is 2. The van der Waals surface area contributed by atoms with E-state index in [0.29, 0.717) is 31.0 Å². The Morgan fingerprint density at radius 3 is 2.36 bits per heavy atom. The molecule has 208 valence electrons. The van der Waals surface area contributed by atoms with Gasteiger partial charge in [-0.25, -0.2) is 22.2 Å². The summed E-state index contributed by atoms with van der Waals surface area (Å²) in [7, 11) is -4.04. The second-order valence-corrected chi connectivity index (χ2v) is 11.8. The molecule has 0 unspecified atom stereocenters. The quantitative estimate of drug-likeness (QED) is 0.371. The molecule has 11 heteroatoms. The molecule has 2 aliphatic rings. The number of aromatic nitrogens is 2. The molecule has 2 aliphatic heterocycles. The molecule has 2 saturated heterocycles. The predicted molar refractivity (Wildman–Crippen MR) is 139 cm³/mol. The van der Waals surface area contributed by atoms with E-state index in [1.165, 1.54) is 48.7 Å². The number of imidazole rings is 1. The largest absolute Gasteiger partial charge is 0.376 e. The maximum absolute atomic E-state index is 14.3. The topological polar surface area (TPSA) is 90.7 Å². The van der Waals surface area contributed by atoms with Crippen LogP contribution in [0, 0.1) is 11.6 Å². The predicted octanol–water partition coefficient (Wildman–Crippen LogP) is 4.14. The molecule has 1 aromatic heterocycles. The van der Waals surface area contributed by atoms with Gasteiger partial charge < -0.3 is 18.9 Å².